The molecule has 4 N–H and O–H groups in total. The average Bonchev–Trinajstić information content (AvgIpc) is 2.40. The first-order valence-electron chi connectivity index (χ1n) is 4.94. The fourth-order valence-corrected chi connectivity index (χ4v) is 1.35. The molecule has 0 aliphatic rings. The van der Waals surface area contributed by atoms with Gasteiger partial charge in [0.25, 0.3) is 5.91 Å². The number of anilines is 2. The van der Waals surface area contributed by atoms with Crippen molar-refractivity contribution in [2.75, 3.05) is 10.7 Å². The van der Waals surface area contributed by atoms with E-state index in [1.165, 1.54) is 18.6 Å². The molecule has 0 fully saturated rings. The zero-order valence-electron chi connectivity index (χ0n) is 8.92. The summed E-state index contributed by atoms with van der Waals surface area (Å²) in [5, 5.41) is 2.62. The summed E-state index contributed by atoms with van der Waals surface area (Å²) in [6.45, 7) is 0. The molecule has 1 aromatic heterocycles. The normalized spacial score (nSPS) is 9.71. The third-order valence-corrected chi connectivity index (χ3v) is 2.13. The van der Waals surface area contributed by atoms with Crippen LogP contribution < -0.4 is 16.6 Å². The number of amides is 1. The van der Waals surface area contributed by atoms with Gasteiger partial charge >= 0.3 is 0 Å². The second-order valence-corrected chi connectivity index (χ2v) is 3.23. The van der Waals surface area contributed by atoms with Crippen LogP contribution in [0.25, 0.3) is 0 Å². The van der Waals surface area contributed by atoms with Gasteiger partial charge in [-0.15, -0.1) is 0 Å². The quantitative estimate of drug-likeness (QED) is 0.539. The SMILES string of the molecule is NNc1ccccc1C(=O)Nc1cnccn1. The van der Waals surface area contributed by atoms with E-state index >= 15 is 0 Å². The number of nitrogens with one attached hydrogen (secondary N) is 2. The summed E-state index contributed by atoms with van der Waals surface area (Å²) in [6.07, 6.45) is 4.50. The maximum absolute atomic E-state index is 11.9. The predicted octanol–water partition coefficient (Wildman–Crippen LogP) is 1.01. The van der Waals surface area contributed by atoms with Crippen LogP contribution in [0.15, 0.2) is 42.9 Å². The Bertz CT molecular complexity index is 514. The Labute approximate surface area is 97.9 Å². The molecule has 2 aromatic rings. The topological polar surface area (TPSA) is 92.9 Å². The van der Waals surface area contributed by atoms with Crippen LogP contribution in [0.2, 0.25) is 0 Å². The van der Waals surface area contributed by atoms with Gasteiger partial charge in [-0.25, -0.2) is 4.98 Å². The van der Waals surface area contributed by atoms with E-state index in [1.807, 2.05) is 0 Å². The minimum Gasteiger partial charge on any atom is -0.323 e. The van der Waals surface area contributed by atoms with Crippen molar-refractivity contribution in [1.82, 2.24) is 9.97 Å². The molecule has 1 heterocycles. The summed E-state index contributed by atoms with van der Waals surface area (Å²) in [6, 6.07) is 6.92. The number of nitrogen functional groups attached to an aromatic ring is 1. The standard InChI is InChI=1S/C11H11N5O/c12-16-9-4-2-1-3-8(9)11(17)15-10-7-13-5-6-14-10/h1-7,16H,12H2,(H,14,15,17). The number of hydrogen-bond acceptors (Lipinski definition) is 5. The highest BCUT2D eigenvalue weighted by atomic mass is 16.1. The summed E-state index contributed by atoms with van der Waals surface area (Å²) in [4.78, 5) is 19.7. The van der Waals surface area contributed by atoms with Crippen LogP contribution in [-0.2, 0) is 0 Å². The highest BCUT2D eigenvalue weighted by Crippen LogP contribution is 2.14. The van der Waals surface area contributed by atoms with Crippen molar-refractivity contribution < 1.29 is 4.79 Å². The lowest BCUT2D eigenvalue weighted by atomic mass is 10.1. The monoisotopic (exact) mass is 229 g/mol. The number of rotatable bonds is 3. The van der Waals surface area contributed by atoms with E-state index in [9.17, 15) is 4.79 Å². The largest absolute Gasteiger partial charge is 0.323 e. The van der Waals surface area contributed by atoms with Gasteiger partial charge in [0.15, 0.2) is 5.82 Å². The second kappa shape index (κ2) is 5.04. The summed E-state index contributed by atoms with van der Waals surface area (Å²) in [7, 11) is 0. The van der Waals surface area contributed by atoms with E-state index in [-0.39, 0.29) is 5.91 Å². The Morgan fingerprint density at radius 2 is 2.06 bits per heavy atom. The lowest BCUT2D eigenvalue weighted by Gasteiger charge is -2.08. The highest BCUT2D eigenvalue weighted by Gasteiger charge is 2.10. The van der Waals surface area contributed by atoms with Gasteiger partial charge in [-0.3, -0.25) is 15.6 Å². The van der Waals surface area contributed by atoms with Gasteiger partial charge in [-0.1, -0.05) is 12.1 Å². The van der Waals surface area contributed by atoms with Crippen LogP contribution in [0, 0.1) is 0 Å². The molecule has 6 heteroatoms. The van der Waals surface area contributed by atoms with E-state index in [2.05, 4.69) is 20.7 Å². The number of carbonyl (C=O) groups is 1. The van der Waals surface area contributed by atoms with E-state index in [0.29, 0.717) is 17.1 Å². The van der Waals surface area contributed by atoms with Gasteiger partial charge in [-0.2, -0.15) is 0 Å². The Morgan fingerprint density at radius 3 is 2.76 bits per heavy atom. The van der Waals surface area contributed by atoms with E-state index in [0.717, 1.165) is 0 Å². The van der Waals surface area contributed by atoms with E-state index in [1.54, 1.807) is 24.3 Å². The predicted molar refractivity (Wildman–Crippen MR) is 64.2 cm³/mol. The van der Waals surface area contributed by atoms with Gasteiger partial charge in [0.1, 0.15) is 0 Å². The Hall–Kier alpha value is -2.47. The molecule has 0 saturated carbocycles. The van der Waals surface area contributed by atoms with Crippen LogP contribution in [0.3, 0.4) is 0 Å². The van der Waals surface area contributed by atoms with Crippen molar-refractivity contribution in [1.29, 1.82) is 0 Å². The first-order valence-corrected chi connectivity index (χ1v) is 4.94. The molecule has 0 unspecified atom stereocenters. The van der Waals surface area contributed by atoms with Crippen molar-refractivity contribution in [3.05, 3.63) is 48.4 Å². The van der Waals surface area contributed by atoms with E-state index < -0.39 is 0 Å². The van der Waals surface area contributed by atoms with Gasteiger partial charge in [0.2, 0.25) is 0 Å². The van der Waals surface area contributed by atoms with Crippen LogP contribution in [0.5, 0.6) is 0 Å². The molecule has 0 spiro atoms. The lowest BCUT2D eigenvalue weighted by molar-refractivity contribution is 0.102. The van der Waals surface area contributed by atoms with Gasteiger partial charge in [0, 0.05) is 12.4 Å². The number of benzene rings is 1. The van der Waals surface area contributed by atoms with Crippen molar-refractivity contribution in [2.45, 2.75) is 0 Å². The maximum atomic E-state index is 11.9. The lowest BCUT2D eigenvalue weighted by Crippen LogP contribution is -2.17. The molecule has 0 aliphatic carbocycles. The molecule has 0 radical (unpaired) electrons. The van der Waals surface area contributed by atoms with Crippen molar-refractivity contribution >= 4 is 17.4 Å². The third kappa shape index (κ3) is 2.56. The maximum Gasteiger partial charge on any atom is 0.259 e. The Morgan fingerprint density at radius 1 is 1.24 bits per heavy atom. The molecular formula is C11H11N5O. The smallest absolute Gasteiger partial charge is 0.259 e. The molecule has 86 valence electrons. The highest BCUT2D eigenvalue weighted by molar-refractivity contribution is 6.07. The van der Waals surface area contributed by atoms with Crippen molar-refractivity contribution in [3.8, 4) is 0 Å². The second-order valence-electron chi connectivity index (χ2n) is 3.23. The van der Waals surface area contributed by atoms with Crippen LogP contribution in [0.4, 0.5) is 11.5 Å². The molecule has 0 bridgehead atoms. The molecule has 0 saturated heterocycles. The summed E-state index contributed by atoms with van der Waals surface area (Å²) in [5.74, 6) is 5.42. The van der Waals surface area contributed by atoms with Gasteiger partial charge in [0.05, 0.1) is 17.4 Å². The van der Waals surface area contributed by atoms with E-state index in [4.69, 9.17) is 5.84 Å². The number of aromatic nitrogens is 2. The first kappa shape index (κ1) is 11.0. The molecule has 6 nitrogen and oxygen atoms in total. The number of hydrazine groups is 1. The number of carbonyl (C=O) groups excluding carboxylic acids is 1. The summed E-state index contributed by atoms with van der Waals surface area (Å²) >= 11 is 0. The number of hydrogen-bond donors (Lipinski definition) is 3. The number of nitrogens with two attached hydrogens (primary N) is 1. The fourth-order valence-electron chi connectivity index (χ4n) is 1.35. The van der Waals surface area contributed by atoms with Gasteiger partial charge in [-0.05, 0) is 12.1 Å². The fraction of sp³-hybridized carbons (Fsp3) is 0. The molecule has 2 rings (SSSR count). The van der Waals surface area contributed by atoms with Crippen LogP contribution in [-0.4, -0.2) is 15.9 Å². The molecule has 0 atom stereocenters. The number of nitrogens with zero attached hydrogens (tertiary/aromatic N) is 2. The summed E-state index contributed by atoms with van der Waals surface area (Å²) < 4.78 is 0. The molecule has 1 amide bonds. The Kier molecular flexibility index (Phi) is 3.27. The summed E-state index contributed by atoms with van der Waals surface area (Å²) in [5.41, 5.74) is 3.46. The van der Waals surface area contributed by atoms with Crippen LogP contribution in [0.1, 0.15) is 10.4 Å². The Balaban J connectivity index is 2.20. The molecular weight excluding hydrogens is 218 g/mol. The first-order chi connectivity index (χ1) is 8.31. The number of para-hydroxylation sites is 1. The minimum atomic E-state index is -0.293. The minimum absolute atomic E-state index is 0.293. The van der Waals surface area contributed by atoms with Crippen molar-refractivity contribution in [2.24, 2.45) is 5.84 Å². The molecule has 1 aromatic carbocycles. The average molecular weight is 229 g/mol. The molecule has 0 aliphatic heterocycles. The zero-order chi connectivity index (χ0) is 12.1. The van der Waals surface area contributed by atoms with Gasteiger partial charge < -0.3 is 10.7 Å². The zero-order valence-corrected chi connectivity index (χ0v) is 8.92. The van der Waals surface area contributed by atoms with Crippen molar-refractivity contribution in [3.63, 3.8) is 0 Å². The molecule has 17 heavy (non-hydrogen) atoms. The van der Waals surface area contributed by atoms with Crippen LogP contribution >= 0.6 is 0 Å². The third-order valence-electron chi connectivity index (χ3n) is 2.13.